The molecular weight excluding hydrogens is 228 g/mol. The quantitative estimate of drug-likeness (QED) is 0.805. The van der Waals surface area contributed by atoms with Gasteiger partial charge in [-0.05, 0) is 31.5 Å². The third-order valence-corrected chi connectivity index (χ3v) is 2.41. The Morgan fingerprint density at radius 3 is 3.00 bits per heavy atom. The van der Waals surface area contributed by atoms with Gasteiger partial charge in [0.15, 0.2) is 6.10 Å². The van der Waals surface area contributed by atoms with Crippen LogP contribution in [0, 0.1) is 18.3 Å². The minimum absolute atomic E-state index is 0.211. The van der Waals surface area contributed by atoms with Crippen LogP contribution in [0.25, 0.3) is 0 Å². The number of amides is 1. The van der Waals surface area contributed by atoms with Crippen LogP contribution in [0.5, 0.6) is 5.75 Å². The maximum atomic E-state index is 11.6. The van der Waals surface area contributed by atoms with Gasteiger partial charge in [0, 0.05) is 6.54 Å². The second kappa shape index (κ2) is 6.45. The fourth-order valence-electron chi connectivity index (χ4n) is 1.36. The minimum atomic E-state index is -0.613. The van der Waals surface area contributed by atoms with E-state index in [4.69, 9.17) is 10.00 Å². The molecule has 18 heavy (non-hydrogen) atoms. The van der Waals surface area contributed by atoms with E-state index in [2.05, 4.69) is 11.9 Å². The van der Waals surface area contributed by atoms with E-state index in [0.717, 1.165) is 5.56 Å². The second-order valence-electron chi connectivity index (χ2n) is 3.89. The second-order valence-corrected chi connectivity index (χ2v) is 3.89. The monoisotopic (exact) mass is 244 g/mol. The van der Waals surface area contributed by atoms with Gasteiger partial charge in [0.05, 0.1) is 11.6 Å². The molecule has 0 saturated carbocycles. The van der Waals surface area contributed by atoms with Crippen molar-refractivity contribution in [1.82, 2.24) is 5.32 Å². The van der Waals surface area contributed by atoms with Crippen LogP contribution in [-0.4, -0.2) is 18.6 Å². The average molecular weight is 244 g/mol. The first-order valence-corrected chi connectivity index (χ1v) is 5.64. The first-order chi connectivity index (χ1) is 8.58. The molecule has 0 aliphatic carbocycles. The summed E-state index contributed by atoms with van der Waals surface area (Å²) < 4.78 is 5.55. The molecule has 0 aliphatic heterocycles. The summed E-state index contributed by atoms with van der Waals surface area (Å²) in [6, 6.07) is 7.18. The third-order valence-electron chi connectivity index (χ3n) is 2.41. The lowest BCUT2D eigenvalue weighted by atomic mass is 10.1. The van der Waals surface area contributed by atoms with Gasteiger partial charge in [-0.3, -0.25) is 4.79 Å². The molecule has 0 bridgehead atoms. The van der Waals surface area contributed by atoms with Crippen molar-refractivity contribution in [1.29, 1.82) is 5.26 Å². The topological polar surface area (TPSA) is 62.1 Å². The van der Waals surface area contributed by atoms with E-state index in [-0.39, 0.29) is 5.91 Å². The SMILES string of the molecule is C=CCNC(=O)C(C)Oc1cc(C#N)ccc1C. The van der Waals surface area contributed by atoms with E-state index < -0.39 is 6.10 Å². The first kappa shape index (κ1) is 13.8. The number of hydrogen-bond acceptors (Lipinski definition) is 3. The van der Waals surface area contributed by atoms with Gasteiger partial charge >= 0.3 is 0 Å². The van der Waals surface area contributed by atoms with Crippen LogP contribution < -0.4 is 10.1 Å². The molecule has 0 spiro atoms. The molecule has 0 heterocycles. The normalized spacial score (nSPS) is 11.2. The van der Waals surface area contributed by atoms with E-state index in [0.29, 0.717) is 17.9 Å². The number of carbonyl (C=O) groups is 1. The zero-order valence-electron chi connectivity index (χ0n) is 10.6. The summed E-state index contributed by atoms with van der Waals surface area (Å²) in [5.41, 5.74) is 1.40. The molecule has 0 radical (unpaired) electrons. The molecule has 4 nitrogen and oxygen atoms in total. The Hall–Kier alpha value is -2.28. The van der Waals surface area contributed by atoms with Gasteiger partial charge in [-0.15, -0.1) is 6.58 Å². The van der Waals surface area contributed by atoms with Crippen molar-refractivity contribution >= 4 is 5.91 Å². The van der Waals surface area contributed by atoms with Gasteiger partial charge in [-0.25, -0.2) is 0 Å². The largest absolute Gasteiger partial charge is 0.481 e. The highest BCUT2D eigenvalue weighted by atomic mass is 16.5. The van der Waals surface area contributed by atoms with E-state index in [1.165, 1.54) is 0 Å². The molecule has 0 aliphatic rings. The van der Waals surface area contributed by atoms with E-state index in [1.54, 1.807) is 31.2 Å². The Morgan fingerprint density at radius 1 is 1.67 bits per heavy atom. The van der Waals surface area contributed by atoms with Crippen molar-refractivity contribution in [2.75, 3.05) is 6.54 Å². The number of nitriles is 1. The van der Waals surface area contributed by atoms with Gasteiger partial charge in [0.1, 0.15) is 5.75 Å². The molecule has 1 aromatic carbocycles. The predicted molar refractivity (Wildman–Crippen MR) is 69.2 cm³/mol. The van der Waals surface area contributed by atoms with E-state index >= 15 is 0 Å². The molecule has 4 heteroatoms. The molecular formula is C14H16N2O2. The smallest absolute Gasteiger partial charge is 0.261 e. The molecule has 0 aromatic heterocycles. The fraction of sp³-hybridized carbons (Fsp3) is 0.286. The zero-order chi connectivity index (χ0) is 13.5. The van der Waals surface area contributed by atoms with Crippen molar-refractivity contribution in [3.63, 3.8) is 0 Å². The number of rotatable bonds is 5. The molecule has 1 amide bonds. The van der Waals surface area contributed by atoms with E-state index in [1.807, 2.05) is 13.0 Å². The van der Waals surface area contributed by atoms with Crippen LogP contribution in [0.4, 0.5) is 0 Å². The predicted octanol–water partition coefficient (Wildman–Crippen LogP) is 1.94. The Labute approximate surface area is 107 Å². The molecule has 1 N–H and O–H groups in total. The standard InChI is InChI=1S/C14H16N2O2/c1-4-7-16-14(17)11(3)18-13-8-12(9-15)6-5-10(13)2/h4-6,8,11H,1,7H2,2-3H3,(H,16,17). The van der Waals surface area contributed by atoms with Crippen molar-refractivity contribution < 1.29 is 9.53 Å². The first-order valence-electron chi connectivity index (χ1n) is 5.64. The van der Waals surface area contributed by atoms with Crippen LogP contribution in [0.15, 0.2) is 30.9 Å². The highest BCUT2D eigenvalue weighted by molar-refractivity contribution is 5.80. The zero-order valence-corrected chi connectivity index (χ0v) is 10.6. The van der Waals surface area contributed by atoms with E-state index in [9.17, 15) is 4.79 Å². The summed E-state index contributed by atoms with van der Waals surface area (Å²) in [6.07, 6.45) is 0.990. The number of aryl methyl sites for hydroxylation is 1. The van der Waals surface area contributed by atoms with Crippen molar-refractivity contribution in [2.45, 2.75) is 20.0 Å². The van der Waals surface area contributed by atoms with Gasteiger partial charge in [0.2, 0.25) is 0 Å². The summed E-state index contributed by atoms with van der Waals surface area (Å²) in [6.45, 7) is 7.46. The number of benzene rings is 1. The molecule has 94 valence electrons. The van der Waals surface area contributed by atoms with Gasteiger partial charge in [0.25, 0.3) is 5.91 Å². The Kier molecular flexibility index (Phi) is 4.94. The molecule has 0 fully saturated rings. The summed E-state index contributed by atoms with van der Waals surface area (Å²) >= 11 is 0. The summed E-state index contributed by atoms with van der Waals surface area (Å²) in [4.78, 5) is 11.6. The van der Waals surface area contributed by atoms with Gasteiger partial charge in [-0.1, -0.05) is 12.1 Å². The maximum Gasteiger partial charge on any atom is 0.261 e. The highest BCUT2D eigenvalue weighted by Gasteiger charge is 2.14. The lowest BCUT2D eigenvalue weighted by Gasteiger charge is -2.15. The number of hydrogen-bond donors (Lipinski definition) is 1. The van der Waals surface area contributed by atoms with Crippen LogP contribution in [0.1, 0.15) is 18.1 Å². The lowest BCUT2D eigenvalue weighted by molar-refractivity contribution is -0.127. The molecule has 1 atom stereocenters. The highest BCUT2D eigenvalue weighted by Crippen LogP contribution is 2.20. The average Bonchev–Trinajstić information content (AvgIpc) is 2.38. The van der Waals surface area contributed by atoms with Crippen LogP contribution in [-0.2, 0) is 4.79 Å². The molecule has 1 aromatic rings. The van der Waals surface area contributed by atoms with Gasteiger partial charge in [-0.2, -0.15) is 5.26 Å². The minimum Gasteiger partial charge on any atom is -0.481 e. The number of nitrogens with zero attached hydrogens (tertiary/aromatic N) is 1. The number of carbonyl (C=O) groups excluding carboxylic acids is 1. The maximum absolute atomic E-state index is 11.6. The summed E-state index contributed by atoms with van der Waals surface area (Å²) in [5, 5.41) is 11.5. The Morgan fingerprint density at radius 2 is 2.39 bits per heavy atom. The number of nitrogens with one attached hydrogen (secondary N) is 1. The van der Waals surface area contributed by atoms with Crippen LogP contribution in [0.2, 0.25) is 0 Å². The van der Waals surface area contributed by atoms with Crippen molar-refractivity contribution in [3.05, 3.63) is 42.0 Å². The Balaban J connectivity index is 2.75. The van der Waals surface area contributed by atoms with Crippen molar-refractivity contribution in [2.24, 2.45) is 0 Å². The molecule has 1 rings (SSSR count). The Bertz CT molecular complexity index is 489. The fourth-order valence-corrected chi connectivity index (χ4v) is 1.36. The van der Waals surface area contributed by atoms with Gasteiger partial charge < -0.3 is 10.1 Å². The summed E-state index contributed by atoms with van der Waals surface area (Å²) in [5.74, 6) is 0.340. The van der Waals surface area contributed by atoms with Crippen LogP contribution >= 0.6 is 0 Å². The molecule has 1 unspecified atom stereocenters. The molecule has 0 saturated heterocycles. The summed E-state index contributed by atoms with van der Waals surface area (Å²) in [7, 11) is 0. The number of ether oxygens (including phenoxy) is 1. The third kappa shape index (κ3) is 3.63. The van der Waals surface area contributed by atoms with Crippen LogP contribution in [0.3, 0.4) is 0 Å². The van der Waals surface area contributed by atoms with Crippen molar-refractivity contribution in [3.8, 4) is 11.8 Å². The lowest BCUT2D eigenvalue weighted by Crippen LogP contribution is -2.36.